The first-order valence-electron chi connectivity index (χ1n) is 8.39. The molecule has 1 aliphatic heterocycles. The van der Waals surface area contributed by atoms with Crippen molar-refractivity contribution >= 4 is 17.7 Å². The molecule has 1 amide bonds. The van der Waals surface area contributed by atoms with Crippen LogP contribution in [0.1, 0.15) is 39.3 Å². The average Bonchev–Trinajstić information content (AvgIpc) is 2.51. The average molecular weight is 394 g/mol. The maximum absolute atomic E-state index is 14.7. The first kappa shape index (κ1) is 20.8. The zero-order valence-electron chi connectivity index (χ0n) is 15.0. The van der Waals surface area contributed by atoms with Gasteiger partial charge in [-0.15, -0.1) is 0 Å². The fraction of sp³-hybridized carbons (Fsp3) is 0.647. The van der Waals surface area contributed by atoms with Crippen LogP contribution in [-0.2, 0) is 10.7 Å². The molecule has 0 aliphatic carbocycles. The normalized spacial score (nSPS) is 16.4. The minimum atomic E-state index is -3.68. The Morgan fingerprint density at radius 3 is 2.54 bits per heavy atom. The largest absolute Gasteiger partial charge is 0.444 e. The number of hydrogen-bond acceptors (Lipinski definition) is 4. The van der Waals surface area contributed by atoms with E-state index in [9.17, 15) is 18.0 Å². The van der Waals surface area contributed by atoms with Crippen molar-refractivity contribution in [2.45, 2.75) is 51.2 Å². The zero-order valence-corrected chi connectivity index (χ0v) is 15.7. The molecule has 146 valence electrons. The summed E-state index contributed by atoms with van der Waals surface area (Å²) in [5.41, 5.74) is -1.87. The zero-order chi connectivity index (χ0) is 19.5. The van der Waals surface area contributed by atoms with E-state index in [0.717, 1.165) is 17.2 Å². The second-order valence-electron chi connectivity index (χ2n) is 7.28. The number of aromatic nitrogens is 1. The number of alkyl halides is 2. The molecule has 0 spiro atoms. The minimum absolute atomic E-state index is 0.0793. The molecule has 0 atom stereocenters. The van der Waals surface area contributed by atoms with Gasteiger partial charge in [0.2, 0.25) is 0 Å². The lowest BCUT2D eigenvalue weighted by Crippen LogP contribution is -2.51. The summed E-state index contributed by atoms with van der Waals surface area (Å²) in [5.74, 6) is -4.90. The van der Waals surface area contributed by atoms with Gasteiger partial charge in [-0.1, -0.05) is 11.6 Å². The van der Waals surface area contributed by atoms with Gasteiger partial charge >= 0.3 is 12.0 Å². The van der Waals surface area contributed by atoms with E-state index in [1.807, 2.05) is 0 Å². The molecule has 2 heterocycles. The van der Waals surface area contributed by atoms with E-state index in [1.165, 1.54) is 0 Å². The van der Waals surface area contributed by atoms with Crippen molar-refractivity contribution in [3.05, 3.63) is 28.8 Å². The molecular weight excluding hydrogens is 371 g/mol. The number of carbonyl (C=O) groups excluding carboxylic acids is 1. The number of nitrogens with zero attached hydrogens (tertiary/aromatic N) is 2. The molecule has 0 saturated carbocycles. The first-order valence-corrected chi connectivity index (χ1v) is 8.77. The van der Waals surface area contributed by atoms with Crippen molar-refractivity contribution in [2.75, 3.05) is 19.6 Å². The van der Waals surface area contributed by atoms with E-state index in [4.69, 9.17) is 16.3 Å². The Hall–Kier alpha value is -1.54. The molecule has 26 heavy (non-hydrogen) atoms. The summed E-state index contributed by atoms with van der Waals surface area (Å²) in [7, 11) is 0. The lowest BCUT2D eigenvalue weighted by Gasteiger charge is -2.37. The lowest BCUT2D eigenvalue weighted by atomic mass is 10.0. The van der Waals surface area contributed by atoms with Crippen LogP contribution in [0.3, 0.4) is 0 Å². The summed E-state index contributed by atoms with van der Waals surface area (Å²) < 4.78 is 48.7. The number of halogens is 4. The second-order valence-corrected chi connectivity index (χ2v) is 7.71. The molecule has 0 aromatic carbocycles. The molecule has 1 aliphatic rings. The standard InChI is InChI=1S/C17H23ClF3N3O2/c1-16(2,3)26-15(25)24(12-4-6-22-7-5-12)10-17(20,21)14-13(19)8-11(18)9-23-14/h8-9,12,22H,4-7,10H2,1-3H3. The van der Waals surface area contributed by atoms with Crippen LogP contribution in [0.2, 0.25) is 5.02 Å². The third-order valence-electron chi connectivity index (χ3n) is 3.90. The number of carbonyl (C=O) groups is 1. The molecule has 0 bridgehead atoms. The number of rotatable bonds is 4. The van der Waals surface area contributed by atoms with Gasteiger partial charge in [-0.3, -0.25) is 9.88 Å². The smallest absolute Gasteiger partial charge is 0.410 e. The van der Waals surface area contributed by atoms with Gasteiger partial charge in [-0.25, -0.2) is 9.18 Å². The van der Waals surface area contributed by atoms with Gasteiger partial charge in [-0.05, 0) is 52.8 Å². The highest BCUT2D eigenvalue weighted by Crippen LogP contribution is 2.32. The Kier molecular flexibility index (Phi) is 6.39. The summed E-state index contributed by atoms with van der Waals surface area (Å²) in [4.78, 5) is 16.9. The van der Waals surface area contributed by atoms with Crippen LogP contribution >= 0.6 is 11.6 Å². The van der Waals surface area contributed by atoms with Gasteiger partial charge in [-0.2, -0.15) is 8.78 Å². The van der Waals surface area contributed by atoms with Crippen LogP contribution in [0, 0.1) is 5.82 Å². The molecule has 9 heteroatoms. The number of hydrogen-bond donors (Lipinski definition) is 1. The molecule has 1 fully saturated rings. The number of nitrogens with one attached hydrogen (secondary N) is 1. The SMILES string of the molecule is CC(C)(C)OC(=O)N(CC(F)(F)c1ncc(Cl)cc1F)C1CCNCC1. The Balaban J connectivity index is 2.27. The lowest BCUT2D eigenvalue weighted by molar-refractivity contribution is -0.0635. The van der Waals surface area contributed by atoms with E-state index < -0.39 is 41.7 Å². The van der Waals surface area contributed by atoms with Crippen molar-refractivity contribution < 1.29 is 22.7 Å². The molecule has 1 aromatic heterocycles. The Morgan fingerprint density at radius 2 is 2.00 bits per heavy atom. The molecule has 5 nitrogen and oxygen atoms in total. The van der Waals surface area contributed by atoms with Gasteiger partial charge in [0.1, 0.15) is 11.3 Å². The van der Waals surface area contributed by atoms with Crippen LogP contribution < -0.4 is 5.32 Å². The summed E-state index contributed by atoms with van der Waals surface area (Å²) in [6.45, 7) is 5.16. The fourth-order valence-electron chi connectivity index (χ4n) is 2.75. The number of pyridine rings is 1. The highest BCUT2D eigenvalue weighted by atomic mass is 35.5. The van der Waals surface area contributed by atoms with Crippen molar-refractivity contribution in [1.29, 1.82) is 0 Å². The van der Waals surface area contributed by atoms with E-state index in [1.54, 1.807) is 20.8 Å². The number of amides is 1. The van der Waals surface area contributed by atoms with Gasteiger partial charge in [0.25, 0.3) is 0 Å². The summed E-state index contributed by atoms with van der Waals surface area (Å²) in [6, 6.07) is 0.354. The maximum Gasteiger partial charge on any atom is 0.410 e. The Morgan fingerprint density at radius 1 is 1.38 bits per heavy atom. The molecule has 1 N–H and O–H groups in total. The highest BCUT2D eigenvalue weighted by Gasteiger charge is 2.43. The second kappa shape index (κ2) is 8.00. The van der Waals surface area contributed by atoms with Crippen molar-refractivity contribution in [2.24, 2.45) is 0 Å². The monoisotopic (exact) mass is 393 g/mol. The van der Waals surface area contributed by atoms with Gasteiger partial charge < -0.3 is 10.1 Å². The predicted molar refractivity (Wildman–Crippen MR) is 91.9 cm³/mol. The number of piperidine rings is 1. The van der Waals surface area contributed by atoms with E-state index in [2.05, 4.69) is 10.3 Å². The van der Waals surface area contributed by atoms with Crippen molar-refractivity contribution in [1.82, 2.24) is 15.2 Å². The van der Waals surface area contributed by atoms with Crippen LogP contribution in [0.15, 0.2) is 12.3 Å². The molecule has 1 aromatic rings. The minimum Gasteiger partial charge on any atom is -0.444 e. The molecule has 1 saturated heterocycles. The Bertz CT molecular complexity index is 647. The van der Waals surface area contributed by atoms with Crippen LogP contribution in [-0.4, -0.2) is 47.3 Å². The van der Waals surface area contributed by atoms with Crippen LogP contribution in [0.5, 0.6) is 0 Å². The molecular formula is C17H23ClF3N3O2. The van der Waals surface area contributed by atoms with Gasteiger partial charge in [0.15, 0.2) is 5.82 Å². The quantitative estimate of drug-likeness (QED) is 0.841. The topological polar surface area (TPSA) is 54.5 Å². The fourth-order valence-corrected chi connectivity index (χ4v) is 2.90. The van der Waals surface area contributed by atoms with Crippen LogP contribution in [0.25, 0.3) is 0 Å². The molecule has 0 unspecified atom stereocenters. The molecule has 0 radical (unpaired) electrons. The summed E-state index contributed by atoms with van der Waals surface area (Å²) >= 11 is 5.58. The highest BCUT2D eigenvalue weighted by molar-refractivity contribution is 6.30. The van der Waals surface area contributed by atoms with E-state index in [0.29, 0.717) is 25.9 Å². The summed E-state index contributed by atoms with van der Waals surface area (Å²) in [5, 5.41) is 3.03. The first-order chi connectivity index (χ1) is 12.0. The van der Waals surface area contributed by atoms with Crippen molar-refractivity contribution in [3.63, 3.8) is 0 Å². The van der Waals surface area contributed by atoms with Crippen LogP contribution in [0.4, 0.5) is 18.0 Å². The van der Waals surface area contributed by atoms with Crippen molar-refractivity contribution in [3.8, 4) is 0 Å². The van der Waals surface area contributed by atoms with Gasteiger partial charge in [0.05, 0.1) is 11.6 Å². The number of ether oxygens (including phenoxy) is 1. The molecule has 2 rings (SSSR count). The van der Waals surface area contributed by atoms with Gasteiger partial charge in [0, 0.05) is 12.2 Å². The van der Waals surface area contributed by atoms with E-state index in [-0.39, 0.29) is 5.02 Å². The summed E-state index contributed by atoms with van der Waals surface area (Å²) in [6.07, 6.45) is 1.12. The third-order valence-corrected chi connectivity index (χ3v) is 4.11. The Labute approximate surface area is 155 Å². The van der Waals surface area contributed by atoms with E-state index >= 15 is 0 Å². The third kappa shape index (κ3) is 5.48. The predicted octanol–water partition coefficient (Wildman–Crippen LogP) is 3.96. The maximum atomic E-state index is 14.7.